The molecule has 0 unspecified atom stereocenters. The first kappa shape index (κ1) is 14.0. The molecule has 0 heterocycles. The largest absolute Gasteiger partial charge is 0.350 e. The van der Waals surface area contributed by atoms with E-state index in [-0.39, 0.29) is 11.9 Å². The quantitative estimate of drug-likeness (QED) is 0.766. The molecule has 0 aliphatic rings. The summed E-state index contributed by atoms with van der Waals surface area (Å²) < 4.78 is 0. The zero-order valence-electron chi connectivity index (χ0n) is 10.3. The van der Waals surface area contributed by atoms with Gasteiger partial charge in [0, 0.05) is 18.0 Å². The molecule has 1 aromatic rings. The maximum atomic E-state index is 11.6. The molecule has 1 rings (SSSR count). The molecule has 0 aliphatic carbocycles. The summed E-state index contributed by atoms with van der Waals surface area (Å²) in [5.74, 6) is 0.0633. The first-order chi connectivity index (χ1) is 8.13. The monoisotopic (exact) mass is 254 g/mol. The molecule has 17 heavy (non-hydrogen) atoms. The van der Waals surface area contributed by atoms with Gasteiger partial charge in [0.15, 0.2) is 0 Å². The second-order valence-electron chi connectivity index (χ2n) is 3.94. The molecule has 0 fully saturated rings. The Bertz CT molecular complexity index is 351. The maximum absolute atomic E-state index is 11.6. The van der Waals surface area contributed by atoms with Gasteiger partial charge in [0.05, 0.1) is 6.04 Å². The van der Waals surface area contributed by atoms with Gasteiger partial charge in [-0.05, 0) is 31.2 Å². The molecule has 1 atom stereocenters. The van der Waals surface area contributed by atoms with Gasteiger partial charge in [-0.15, -0.1) is 0 Å². The summed E-state index contributed by atoms with van der Waals surface area (Å²) in [6.07, 6.45) is 0.506. The Morgan fingerprint density at radius 3 is 2.59 bits per heavy atom. The fourth-order valence-corrected chi connectivity index (χ4v) is 1.65. The molecule has 2 N–H and O–H groups in total. The lowest BCUT2D eigenvalue weighted by Crippen LogP contribution is -2.29. The first-order valence-corrected chi connectivity index (χ1v) is 6.26. The highest BCUT2D eigenvalue weighted by Gasteiger charge is 2.08. The lowest BCUT2D eigenvalue weighted by atomic mass is 10.1. The SMILES string of the molecule is CCNCCC(=O)N[C@H](C)c1ccc(Cl)cc1. The second-order valence-corrected chi connectivity index (χ2v) is 4.38. The molecule has 1 amide bonds. The number of halogens is 1. The molecule has 0 bridgehead atoms. The van der Waals surface area contributed by atoms with Crippen LogP contribution < -0.4 is 10.6 Å². The van der Waals surface area contributed by atoms with Gasteiger partial charge in [-0.2, -0.15) is 0 Å². The Labute approximate surface area is 108 Å². The normalized spacial score (nSPS) is 12.2. The molecular weight excluding hydrogens is 236 g/mol. The lowest BCUT2D eigenvalue weighted by Gasteiger charge is -2.14. The topological polar surface area (TPSA) is 41.1 Å². The number of hydrogen-bond donors (Lipinski definition) is 2. The van der Waals surface area contributed by atoms with E-state index in [0.29, 0.717) is 11.4 Å². The summed E-state index contributed by atoms with van der Waals surface area (Å²) in [6, 6.07) is 7.53. The molecule has 3 nitrogen and oxygen atoms in total. The summed E-state index contributed by atoms with van der Waals surface area (Å²) >= 11 is 5.81. The predicted octanol–water partition coefficient (Wildman–Crippen LogP) is 2.52. The van der Waals surface area contributed by atoms with E-state index in [1.54, 1.807) is 0 Å². The van der Waals surface area contributed by atoms with Crippen molar-refractivity contribution in [2.75, 3.05) is 13.1 Å². The van der Waals surface area contributed by atoms with Crippen LogP contribution in [0.25, 0.3) is 0 Å². The van der Waals surface area contributed by atoms with E-state index in [4.69, 9.17) is 11.6 Å². The van der Waals surface area contributed by atoms with Crippen molar-refractivity contribution in [2.45, 2.75) is 26.3 Å². The summed E-state index contributed by atoms with van der Waals surface area (Å²) in [4.78, 5) is 11.6. The summed E-state index contributed by atoms with van der Waals surface area (Å²) in [5, 5.41) is 6.78. The van der Waals surface area contributed by atoms with E-state index in [1.807, 2.05) is 38.1 Å². The van der Waals surface area contributed by atoms with Gasteiger partial charge in [-0.25, -0.2) is 0 Å². The van der Waals surface area contributed by atoms with Crippen LogP contribution in [-0.4, -0.2) is 19.0 Å². The number of carbonyl (C=O) groups excluding carboxylic acids is 1. The van der Waals surface area contributed by atoms with Crippen LogP contribution in [0.3, 0.4) is 0 Å². The van der Waals surface area contributed by atoms with Gasteiger partial charge in [0.1, 0.15) is 0 Å². The van der Waals surface area contributed by atoms with Gasteiger partial charge < -0.3 is 10.6 Å². The van der Waals surface area contributed by atoms with E-state index in [9.17, 15) is 4.79 Å². The van der Waals surface area contributed by atoms with Crippen LogP contribution in [-0.2, 0) is 4.79 Å². The van der Waals surface area contributed by atoms with Crippen molar-refractivity contribution < 1.29 is 4.79 Å². The van der Waals surface area contributed by atoms with Gasteiger partial charge >= 0.3 is 0 Å². The third-order valence-corrected chi connectivity index (χ3v) is 2.78. The molecule has 0 aliphatic heterocycles. The zero-order valence-corrected chi connectivity index (χ0v) is 11.1. The first-order valence-electron chi connectivity index (χ1n) is 5.89. The molecular formula is C13H19ClN2O. The van der Waals surface area contributed by atoms with E-state index in [1.165, 1.54) is 0 Å². The van der Waals surface area contributed by atoms with Crippen LogP contribution in [0.15, 0.2) is 24.3 Å². The Balaban J connectivity index is 2.40. The Kier molecular flexibility index (Phi) is 6.01. The molecule has 1 aromatic carbocycles. The Morgan fingerprint density at radius 2 is 2.00 bits per heavy atom. The third kappa shape index (κ3) is 5.20. The Hall–Kier alpha value is -1.06. The average molecular weight is 255 g/mol. The van der Waals surface area contributed by atoms with Crippen LogP contribution in [0.2, 0.25) is 5.02 Å². The average Bonchev–Trinajstić information content (AvgIpc) is 2.30. The minimum Gasteiger partial charge on any atom is -0.350 e. The van der Waals surface area contributed by atoms with Crippen molar-refractivity contribution in [1.29, 1.82) is 0 Å². The minimum atomic E-state index is 0.0152. The molecule has 94 valence electrons. The van der Waals surface area contributed by atoms with E-state index in [2.05, 4.69) is 10.6 Å². The van der Waals surface area contributed by atoms with Crippen LogP contribution >= 0.6 is 11.6 Å². The van der Waals surface area contributed by atoms with Crippen molar-refractivity contribution >= 4 is 17.5 Å². The number of rotatable bonds is 6. The van der Waals surface area contributed by atoms with Gasteiger partial charge in [-0.3, -0.25) is 4.79 Å². The highest BCUT2D eigenvalue weighted by Crippen LogP contribution is 2.15. The van der Waals surface area contributed by atoms with E-state index < -0.39 is 0 Å². The maximum Gasteiger partial charge on any atom is 0.221 e. The predicted molar refractivity (Wildman–Crippen MR) is 71.2 cm³/mol. The van der Waals surface area contributed by atoms with Crippen LogP contribution in [0.4, 0.5) is 0 Å². The zero-order chi connectivity index (χ0) is 12.7. The number of amides is 1. The Morgan fingerprint density at radius 1 is 1.35 bits per heavy atom. The summed E-state index contributed by atoms with van der Waals surface area (Å²) in [5.41, 5.74) is 1.06. The fraction of sp³-hybridized carbons (Fsp3) is 0.462. The van der Waals surface area contributed by atoms with Gasteiger partial charge in [0.25, 0.3) is 0 Å². The van der Waals surface area contributed by atoms with E-state index >= 15 is 0 Å². The molecule has 0 saturated carbocycles. The van der Waals surface area contributed by atoms with Crippen molar-refractivity contribution in [3.05, 3.63) is 34.9 Å². The van der Waals surface area contributed by atoms with Crippen LogP contribution in [0.5, 0.6) is 0 Å². The van der Waals surface area contributed by atoms with Gasteiger partial charge in [-0.1, -0.05) is 30.7 Å². The summed E-state index contributed by atoms with van der Waals surface area (Å²) in [7, 11) is 0. The van der Waals surface area contributed by atoms with Crippen molar-refractivity contribution in [3.63, 3.8) is 0 Å². The fourth-order valence-electron chi connectivity index (χ4n) is 1.53. The number of carbonyl (C=O) groups is 1. The minimum absolute atomic E-state index is 0.0152. The lowest BCUT2D eigenvalue weighted by molar-refractivity contribution is -0.121. The third-order valence-electron chi connectivity index (χ3n) is 2.53. The van der Waals surface area contributed by atoms with Crippen LogP contribution in [0.1, 0.15) is 31.9 Å². The smallest absolute Gasteiger partial charge is 0.221 e. The molecule has 4 heteroatoms. The van der Waals surface area contributed by atoms with Crippen molar-refractivity contribution in [2.24, 2.45) is 0 Å². The molecule has 0 spiro atoms. The molecule has 0 aromatic heterocycles. The standard InChI is InChI=1S/C13H19ClN2O/c1-3-15-9-8-13(17)16-10(2)11-4-6-12(14)7-5-11/h4-7,10,15H,3,8-9H2,1-2H3,(H,16,17)/t10-/m1/s1. The number of benzene rings is 1. The van der Waals surface area contributed by atoms with Crippen molar-refractivity contribution in [3.8, 4) is 0 Å². The highest BCUT2D eigenvalue weighted by molar-refractivity contribution is 6.30. The number of nitrogens with one attached hydrogen (secondary N) is 2. The van der Waals surface area contributed by atoms with Gasteiger partial charge in [0.2, 0.25) is 5.91 Å². The highest BCUT2D eigenvalue weighted by atomic mass is 35.5. The number of hydrogen-bond acceptors (Lipinski definition) is 2. The molecule has 0 saturated heterocycles. The molecule has 0 radical (unpaired) electrons. The summed E-state index contributed by atoms with van der Waals surface area (Å²) in [6.45, 7) is 5.60. The van der Waals surface area contributed by atoms with Crippen molar-refractivity contribution in [1.82, 2.24) is 10.6 Å². The van der Waals surface area contributed by atoms with E-state index in [0.717, 1.165) is 18.7 Å². The second kappa shape index (κ2) is 7.30. The van der Waals surface area contributed by atoms with Crippen LogP contribution in [0, 0.1) is 0 Å².